The molecule has 2 aromatic carbocycles. The van der Waals surface area contributed by atoms with E-state index in [2.05, 4.69) is 37.7 Å². The SMILES string of the molecule is C=Cc1c(Cl)cc(-c2cnn(C)c2-c2cccc(OC(C)CC)c2C#N)cc1CC. The van der Waals surface area contributed by atoms with E-state index in [0.29, 0.717) is 16.3 Å². The van der Waals surface area contributed by atoms with Gasteiger partial charge in [0.2, 0.25) is 0 Å². The maximum absolute atomic E-state index is 9.94. The summed E-state index contributed by atoms with van der Waals surface area (Å²) in [6, 6.07) is 12.1. The molecule has 0 aliphatic carbocycles. The molecule has 5 heteroatoms. The fourth-order valence-electron chi connectivity index (χ4n) is 3.56. The molecular formula is C25H26ClN3O. The van der Waals surface area contributed by atoms with E-state index in [0.717, 1.165) is 46.4 Å². The highest BCUT2D eigenvalue weighted by Crippen LogP contribution is 2.39. The summed E-state index contributed by atoms with van der Waals surface area (Å²) in [4.78, 5) is 0. The first-order valence-corrected chi connectivity index (χ1v) is 10.5. The molecule has 0 saturated carbocycles. The zero-order chi connectivity index (χ0) is 21.8. The van der Waals surface area contributed by atoms with Crippen molar-refractivity contribution in [3.8, 4) is 34.2 Å². The predicted octanol–water partition coefficient (Wildman–Crippen LogP) is 6.66. The molecule has 0 aliphatic heterocycles. The lowest BCUT2D eigenvalue weighted by molar-refractivity contribution is 0.217. The highest BCUT2D eigenvalue weighted by Gasteiger charge is 2.20. The Hall–Kier alpha value is -3.03. The van der Waals surface area contributed by atoms with Gasteiger partial charge in [0.05, 0.1) is 18.0 Å². The number of halogens is 1. The fraction of sp³-hybridized carbons (Fsp3) is 0.280. The number of aryl methyl sites for hydroxylation is 2. The lowest BCUT2D eigenvalue weighted by Crippen LogP contribution is -2.11. The molecule has 0 spiro atoms. The third-order valence-electron chi connectivity index (χ3n) is 5.35. The first-order valence-electron chi connectivity index (χ1n) is 10.1. The predicted molar refractivity (Wildman–Crippen MR) is 124 cm³/mol. The summed E-state index contributed by atoms with van der Waals surface area (Å²) in [6.07, 6.45) is 5.33. The van der Waals surface area contributed by atoms with E-state index in [1.807, 2.05) is 44.4 Å². The topological polar surface area (TPSA) is 50.8 Å². The molecule has 3 aromatic rings. The number of benzene rings is 2. The van der Waals surface area contributed by atoms with Crippen molar-refractivity contribution in [1.82, 2.24) is 9.78 Å². The second kappa shape index (κ2) is 9.19. The first kappa shape index (κ1) is 21.7. The van der Waals surface area contributed by atoms with Crippen molar-refractivity contribution < 1.29 is 4.74 Å². The monoisotopic (exact) mass is 419 g/mol. The molecule has 0 amide bonds. The van der Waals surface area contributed by atoms with Crippen LogP contribution in [0.4, 0.5) is 0 Å². The Bertz CT molecular complexity index is 1120. The number of hydrogen-bond acceptors (Lipinski definition) is 3. The molecule has 1 heterocycles. The number of hydrogen-bond donors (Lipinski definition) is 0. The third kappa shape index (κ3) is 3.99. The molecule has 0 N–H and O–H groups in total. The third-order valence-corrected chi connectivity index (χ3v) is 5.66. The summed E-state index contributed by atoms with van der Waals surface area (Å²) in [5.41, 5.74) is 6.10. The van der Waals surface area contributed by atoms with Gasteiger partial charge in [0.25, 0.3) is 0 Å². The molecule has 4 nitrogen and oxygen atoms in total. The minimum absolute atomic E-state index is 0.0238. The second-order valence-electron chi connectivity index (χ2n) is 7.25. The van der Waals surface area contributed by atoms with Gasteiger partial charge in [-0.2, -0.15) is 10.4 Å². The van der Waals surface area contributed by atoms with Gasteiger partial charge >= 0.3 is 0 Å². The van der Waals surface area contributed by atoms with E-state index in [1.54, 1.807) is 10.8 Å². The number of aromatic nitrogens is 2. The molecule has 0 radical (unpaired) electrons. The lowest BCUT2D eigenvalue weighted by Gasteiger charge is -2.17. The molecule has 0 aliphatic rings. The average molecular weight is 420 g/mol. The van der Waals surface area contributed by atoms with Crippen LogP contribution in [0, 0.1) is 11.3 Å². The Morgan fingerprint density at radius 3 is 2.70 bits per heavy atom. The molecule has 1 atom stereocenters. The Labute approximate surface area is 183 Å². The highest BCUT2D eigenvalue weighted by molar-refractivity contribution is 6.32. The van der Waals surface area contributed by atoms with Crippen molar-refractivity contribution in [2.24, 2.45) is 7.05 Å². The van der Waals surface area contributed by atoms with Crippen LogP contribution in [0.5, 0.6) is 5.75 Å². The molecule has 0 fully saturated rings. The number of rotatable bonds is 7. The van der Waals surface area contributed by atoms with Crippen LogP contribution in [0.15, 0.2) is 43.1 Å². The summed E-state index contributed by atoms with van der Waals surface area (Å²) >= 11 is 6.55. The van der Waals surface area contributed by atoms with Crippen molar-refractivity contribution in [2.45, 2.75) is 39.7 Å². The van der Waals surface area contributed by atoms with Crippen molar-refractivity contribution in [1.29, 1.82) is 5.26 Å². The maximum atomic E-state index is 9.94. The van der Waals surface area contributed by atoms with E-state index in [4.69, 9.17) is 16.3 Å². The molecule has 1 unspecified atom stereocenters. The fourth-order valence-corrected chi connectivity index (χ4v) is 3.88. The van der Waals surface area contributed by atoms with Crippen LogP contribution < -0.4 is 4.74 Å². The van der Waals surface area contributed by atoms with E-state index in [1.165, 1.54) is 0 Å². The molecule has 154 valence electrons. The van der Waals surface area contributed by atoms with E-state index >= 15 is 0 Å². The van der Waals surface area contributed by atoms with Crippen LogP contribution in [-0.2, 0) is 13.5 Å². The zero-order valence-corrected chi connectivity index (χ0v) is 18.6. The number of ether oxygens (including phenoxy) is 1. The number of nitriles is 1. The minimum Gasteiger partial charge on any atom is -0.489 e. The van der Waals surface area contributed by atoms with Crippen molar-refractivity contribution in [3.05, 3.63) is 64.8 Å². The van der Waals surface area contributed by atoms with Gasteiger partial charge in [-0.25, -0.2) is 0 Å². The normalized spacial score (nSPS) is 11.7. The van der Waals surface area contributed by atoms with Gasteiger partial charge in [-0.1, -0.05) is 56.3 Å². The van der Waals surface area contributed by atoms with Gasteiger partial charge in [-0.3, -0.25) is 4.68 Å². The summed E-state index contributed by atoms with van der Waals surface area (Å²) in [7, 11) is 1.88. The van der Waals surface area contributed by atoms with Gasteiger partial charge in [-0.15, -0.1) is 0 Å². The Morgan fingerprint density at radius 2 is 2.07 bits per heavy atom. The Morgan fingerprint density at radius 1 is 1.30 bits per heavy atom. The van der Waals surface area contributed by atoms with Crippen molar-refractivity contribution in [3.63, 3.8) is 0 Å². The van der Waals surface area contributed by atoms with Crippen LogP contribution in [0.1, 0.15) is 43.9 Å². The van der Waals surface area contributed by atoms with Gasteiger partial charge in [0.1, 0.15) is 17.4 Å². The van der Waals surface area contributed by atoms with Gasteiger partial charge in [0, 0.05) is 23.2 Å². The second-order valence-corrected chi connectivity index (χ2v) is 7.65. The quantitative estimate of drug-likeness (QED) is 0.430. The van der Waals surface area contributed by atoms with Gasteiger partial charge < -0.3 is 4.74 Å². The molecule has 0 saturated heterocycles. The molecular weight excluding hydrogens is 394 g/mol. The van der Waals surface area contributed by atoms with Crippen LogP contribution in [0.25, 0.3) is 28.5 Å². The average Bonchev–Trinajstić information content (AvgIpc) is 3.13. The van der Waals surface area contributed by atoms with E-state index in [9.17, 15) is 5.26 Å². The molecule has 0 bridgehead atoms. The largest absolute Gasteiger partial charge is 0.489 e. The molecule has 1 aromatic heterocycles. The first-order chi connectivity index (χ1) is 14.4. The van der Waals surface area contributed by atoms with Crippen LogP contribution in [0.2, 0.25) is 5.02 Å². The van der Waals surface area contributed by atoms with Gasteiger partial charge in [-0.05, 0) is 48.6 Å². The van der Waals surface area contributed by atoms with E-state index < -0.39 is 0 Å². The summed E-state index contributed by atoms with van der Waals surface area (Å²) in [6.45, 7) is 10.0. The number of nitrogens with zero attached hydrogens (tertiary/aromatic N) is 3. The van der Waals surface area contributed by atoms with Crippen molar-refractivity contribution in [2.75, 3.05) is 0 Å². The van der Waals surface area contributed by atoms with Crippen LogP contribution in [-0.4, -0.2) is 15.9 Å². The van der Waals surface area contributed by atoms with Crippen LogP contribution in [0.3, 0.4) is 0 Å². The summed E-state index contributed by atoms with van der Waals surface area (Å²) < 4.78 is 7.80. The standard InChI is InChI=1S/C25H26ClN3O/c1-6-16(4)30-24-11-9-10-20(21(24)14-27)25-22(15-28-29(25)5)18-12-17(7-2)19(8-3)23(26)13-18/h8-13,15-16H,3,6-7H2,1-2,4-5H3. The van der Waals surface area contributed by atoms with E-state index in [-0.39, 0.29) is 6.10 Å². The van der Waals surface area contributed by atoms with Crippen LogP contribution >= 0.6 is 11.6 Å². The lowest BCUT2D eigenvalue weighted by atomic mass is 9.94. The summed E-state index contributed by atoms with van der Waals surface area (Å²) in [5, 5.41) is 15.1. The zero-order valence-electron chi connectivity index (χ0n) is 17.9. The highest BCUT2D eigenvalue weighted by atomic mass is 35.5. The Kier molecular flexibility index (Phi) is 6.64. The maximum Gasteiger partial charge on any atom is 0.138 e. The minimum atomic E-state index is 0.0238. The smallest absolute Gasteiger partial charge is 0.138 e. The summed E-state index contributed by atoms with van der Waals surface area (Å²) in [5.74, 6) is 0.589. The molecule has 3 rings (SSSR count). The van der Waals surface area contributed by atoms with Gasteiger partial charge in [0.15, 0.2) is 0 Å². The van der Waals surface area contributed by atoms with Crippen molar-refractivity contribution >= 4 is 17.7 Å². The Balaban J connectivity index is 2.22. The molecule has 30 heavy (non-hydrogen) atoms.